The Labute approximate surface area is 243 Å². The summed E-state index contributed by atoms with van der Waals surface area (Å²) in [6.07, 6.45) is 0. The number of aryl methyl sites for hydroxylation is 3. The predicted octanol–water partition coefficient (Wildman–Crippen LogP) is 11.2. The molecule has 0 aromatic heterocycles. The van der Waals surface area contributed by atoms with E-state index in [4.69, 9.17) is 0 Å². The first-order valence-electron chi connectivity index (χ1n) is 14.1. The van der Waals surface area contributed by atoms with E-state index < -0.39 is 0 Å². The molecule has 2 heteroatoms. The largest absolute Gasteiger partial charge is 0.311 e. The summed E-state index contributed by atoms with van der Waals surface area (Å²) in [5, 5.41) is 0. The average Bonchev–Trinajstić information content (AvgIpc) is 3.00. The molecule has 0 aliphatic carbocycles. The van der Waals surface area contributed by atoms with Gasteiger partial charge in [-0.05, 0) is 116 Å². The zero-order valence-electron chi connectivity index (χ0n) is 23.8. The molecule has 0 unspecified atom stereocenters. The fraction of sp³-hybridized carbons (Fsp3) is 0.0769. The van der Waals surface area contributed by atoms with Gasteiger partial charge < -0.3 is 9.80 Å². The number of anilines is 6. The summed E-state index contributed by atoms with van der Waals surface area (Å²) in [6, 6.07) is 54.3. The van der Waals surface area contributed by atoms with Crippen LogP contribution in [-0.4, -0.2) is 0 Å². The van der Waals surface area contributed by atoms with E-state index in [-0.39, 0.29) is 0 Å². The van der Waals surface area contributed by atoms with E-state index in [0.717, 1.165) is 34.1 Å². The van der Waals surface area contributed by atoms with Crippen LogP contribution in [0.4, 0.5) is 34.1 Å². The zero-order valence-corrected chi connectivity index (χ0v) is 23.8. The lowest BCUT2D eigenvalue weighted by Gasteiger charge is -2.28. The van der Waals surface area contributed by atoms with Gasteiger partial charge in [0.1, 0.15) is 0 Å². The molecule has 0 saturated carbocycles. The van der Waals surface area contributed by atoms with Crippen LogP contribution in [0.5, 0.6) is 0 Å². The van der Waals surface area contributed by atoms with Crippen LogP contribution in [0, 0.1) is 20.8 Å². The molecule has 6 aromatic rings. The van der Waals surface area contributed by atoms with Crippen molar-refractivity contribution >= 4 is 34.1 Å². The highest BCUT2D eigenvalue weighted by atomic mass is 15.2. The van der Waals surface area contributed by atoms with Crippen molar-refractivity contribution in [2.45, 2.75) is 20.8 Å². The molecule has 0 N–H and O–H groups in total. The van der Waals surface area contributed by atoms with Gasteiger partial charge in [-0.1, -0.05) is 84.4 Å². The van der Waals surface area contributed by atoms with E-state index in [1.165, 1.54) is 27.8 Å². The normalized spacial score (nSPS) is 10.8. The highest BCUT2D eigenvalue weighted by Crippen LogP contribution is 2.39. The summed E-state index contributed by atoms with van der Waals surface area (Å²) >= 11 is 0. The third kappa shape index (κ3) is 5.78. The third-order valence-corrected chi connectivity index (χ3v) is 7.41. The van der Waals surface area contributed by atoms with E-state index in [0.29, 0.717) is 0 Å². The van der Waals surface area contributed by atoms with E-state index >= 15 is 0 Å². The Morgan fingerprint density at radius 3 is 1.12 bits per heavy atom. The number of nitrogens with zero attached hydrogens (tertiary/aromatic N) is 2. The van der Waals surface area contributed by atoms with Crippen LogP contribution in [0.1, 0.15) is 16.7 Å². The Hall–Kier alpha value is -5.08. The lowest BCUT2D eigenvalue weighted by molar-refractivity contribution is 1.24. The van der Waals surface area contributed by atoms with Gasteiger partial charge in [0.05, 0.1) is 0 Å². The zero-order chi connectivity index (χ0) is 28.2. The number of rotatable bonds is 7. The minimum absolute atomic E-state index is 1.11. The van der Waals surface area contributed by atoms with Crippen molar-refractivity contribution in [1.29, 1.82) is 0 Å². The standard InChI is InChI=1S/C39H34N2/c1-29-15-17-32(18-16-29)33-19-21-35(22-20-33)40(34-11-5-4-6-12-34)36-23-25-37(26-24-36)41(38-13-7-9-30(2)27-38)39-14-8-10-31(3)28-39/h4-28H,1-3H3. The summed E-state index contributed by atoms with van der Waals surface area (Å²) in [4.78, 5) is 4.64. The molecular formula is C39H34N2. The summed E-state index contributed by atoms with van der Waals surface area (Å²) < 4.78 is 0. The van der Waals surface area contributed by atoms with Crippen LogP contribution in [0.25, 0.3) is 11.1 Å². The quantitative estimate of drug-likeness (QED) is 0.202. The molecule has 0 fully saturated rings. The van der Waals surface area contributed by atoms with E-state index in [1.54, 1.807) is 0 Å². The summed E-state index contributed by atoms with van der Waals surface area (Å²) in [5.41, 5.74) is 12.9. The molecule has 41 heavy (non-hydrogen) atoms. The first-order valence-corrected chi connectivity index (χ1v) is 14.1. The molecule has 0 amide bonds. The van der Waals surface area contributed by atoms with Crippen molar-refractivity contribution < 1.29 is 0 Å². The van der Waals surface area contributed by atoms with Crippen LogP contribution < -0.4 is 9.80 Å². The lowest BCUT2D eigenvalue weighted by Crippen LogP contribution is -2.12. The Balaban J connectivity index is 1.39. The molecule has 2 nitrogen and oxygen atoms in total. The van der Waals surface area contributed by atoms with Crippen LogP contribution in [0.15, 0.2) is 152 Å². The highest BCUT2D eigenvalue weighted by molar-refractivity contribution is 5.82. The van der Waals surface area contributed by atoms with Crippen LogP contribution in [-0.2, 0) is 0 Å². The van der Waals surface area contributed by atoms with Gasteiger partial charge in [0, 0.05) is 34.1 Å². The monoisotopic (exact) mass is 530 g/mol. The van der Waals surface area contributed by atoms with Crippen LogP contribution in [0.3, 0.4) is 0 Å². The second kappa shape index (κ2) is 11.6. The van der Waals surface area contributed by atoms with Crippen molar-refractivity contribution in [1.82, 2.24) is 0 Å². The Bertz CT molecular complexity index is 1690. The van der Waals surface area contributed by atoms with E-state index in [2.05, 4.69) is 182 Å². The molecule has 6 rings (SSSR count). The highest BCUT2D eigenvalue weighted by Gasteiger charge is 2.16. The van der Waals surface area contributed by atoms with Gasteiger partial charge in [0.2, 0.25) is 0 Å². The molecule has 6 aromatic carbocycles. The van der Waals surface area contributed by atoms with E-state index in [1.807, 2.05) is 0 Å². The van der Waals surface area contributed by atoms with Gasteiger partial charge in [-0.3, -0.25) is 0 Å². The minimum Gasteiger partial charge on any atom is -0.311 e. The predicted molar refractivity (Wildman–Crippen MR) is 175 cm³/mol. The van der Waals surface area contributed by atoms with Gasteiger partial charge in [0.25, 0.3) is 0 Å². The van der Waals surface area contributed by atoms with Gasteiger partial charge in [-0.2, -0.15) is 0 Å². The number of para-hydroxylation sites is 1. The summed E-state index contributed by atoms with van der Waals surface area (Å²) in [5.74, 6) is 0. The molecular weight excluding hydrogens is 496 g/mol. The Morgan fingerprint density at radius 1 is 0.293 bits per heavy atom. The van der Waals surface area contributed by atoms with Gasteiger partial charge >= 0.3 is 0 Å². The first kappa shape index (κ1) is 26.2. The summed E-state index contributed by atoms with van der Waals surface area (Å²) in [6.45, 7) is 6.41. The third-order valence-electron chi connectivity index (χ3n) is 7.41. The van der Waals surface area contributed by atoms with Gasteiger partial charge in [-0.15, -0.1) is 0 Å². The van der Waals surface area contributed by atoms with E-state index in [9.17, 15) is 0 Å². The maximum absolute atomic E-state index is 2.33. The lowest BCUT2D eigenvalue weighted by atomic mass is 10.0. The molecule has 0 saturated heterocycles. The molecule has 0 bridgehead atoms. The molecule has 0 heterocycles. The van der Waals surface area contributed by atoms with Gasteiger partial charge in [0.15, 0.2) is 0 Å². The Kier molecular flexibility index (Phi) is 7.38. The first-order chi connectivity index (χ1) is 20.0. The second-order valence-corrected chi connectivity index (χ2v) is 10.6. The molecule has 200 valence electrons. The summed E-state index contributed by atoms with van der Waals surface area (Å²) in [7, 11) is 0. The van der Waals surface area contributed by atoms with Crippen molar-refractivity contribution in [2.75, 3.05) is 9.80 Å². The number of hydrogen-bond donors (Lipinski definition) is 0. The maximum Gasteiger partial charge on any atom is 0.0464 e. The number of benzene rings is 6. The fourth-order valence-corrected chi connectivity index (χ4v) is 5.31. The smallest absolute Gasteiger partial charge is 0.0464 e. The van der Waals surface area contributed by atoms with Crippen LogP contribution >= 0.6 is 0 Å². The molecule has 0 aliphatic rings. The molecule has 0 atom stereocenters. The molecule has 0 radical (unpaired) electrons. The maximum atomic E-state index is 2.33. The van der Waals surface area contributed by atoms with Crippen molar-refractivity contribution in [2.24, 2.45) is 0 Å². The fourth-order valence-electron chi connectivity index (χ4n) is 5.31. The van der Waals surface area contributed by atoms with Gasteiger partial charge in [-0.25, -0.2) is 0 Å². The minimum atomic E-state index is 1.11. The van der Waals surface area contributed by atoms with Crippen molar-refractivity contribution in [3.63, 3.8) is 0 Å². The van der Waals surface area contributed by atoms with Crippen molar-refractivity contribution in [3.05, 3.63) is 168 Å². The van der Waals surface area contributed by atoms with Crippen molar-refractivity contribution in [3.8, 4) is 11.1 Å². The molecule has 0 spiro atoms. The molecule has 0 aliphatic heterocycles. The van der Waals surface area contributed by atoms with Crippen LogP contribution in [0.2, 0.25) is 0 Å². The topological polar surface area (TPSA) is 6.48 Å². The number of hydrogen-bond acceptors (Lipinski definition) is 2. The second-order valence-electron chi connectivity index (χ2n) is 10.6. The average molecular weight is 531 g/mol. The Morgan fingerprint density at radius 2 is 0.659 bits per heavy atom. The SMILES string of the molecule is Cc1ccc(-c2ccc(N(c3ccccc3)c3ccc(N(c4cccc(C)c4)c4cccc(C)c4)cc3)cc2)cc1.